The second kappa shape index (κ2) is 7.13. The van der Waals surface area contributed by atoms with Gasteiger partial charge in [0, 0.05) is 43.3 Å². The number of rotatable bonds is 7. The van der Waals surface area contributed by atoms with Crippen LogP contribution in [0.4, 0.5) is 0 Å². The number of aromatic nitrogens is 1. The summed E-state index contributed by atoms with van der Waals surface area (Å²) in [5.74, 6) is 0. The molecule has 0 saturated carbocycles. The minimum atomic E-state index is -3.62. The highest BCUT2D eigenvalue weighted by Gasteiger charge is 2.29. The molecule has 2 aromatic rings. The molecule has 1 atom stereocenters. The van der Waals surface area contributed by atoms with Crippen LogP contribution in [0.2, 0.25) is 0 Å². The predicted octanol–water partition coefficient (Wildman–Crippen LogP) is 2.47. The molecule has 0 aliphatic rings. The molecule has 1 unspecified atom stereocenters. The van der Waals surface area contributed by atoms with Crippen LogP contribution in [0.15, 0.2) is 30.5 Å². The molecule has 0 fully saturated rings. The van der Waals surface area contributed by atoms with Crippen molar-refractivity contribution < 1.29 is 8.42 Å². The van der Waals surface area contributed by atoms with Crippen LogP contribution in [-0.2, 0) is 16.8 Å². The van der Waals surface area contributed by atoms with E-state index in [1.807, 2.05) is 43.5 Å². The van der Waals surface area contributed by atoms with E-state index >= 15 is 0 Å². The fourth-order valence-corrected chi connectivity index (χ4v) is 4.00. The van der Waals surface area contributed by atoms with E-state index in [0.717, 1.165) is 16.5 Å². The lowest BCUT2D eigenvalue weighted by atomic mass is 10.2. The maximum Gasteiger partial charge on any atom is 0.282 e. The highest BCUT2D eigenvalue weighted by Crippen LogP contribution is 2.22. The smallest absolute Gasteiger partial charge is 0.282 e. The standard InChI is InChI=1S/C16H22N4O2S/c1-4-20(23(21,22)19(3)13(2)9-10-17)12-14-11-18-16-8-6-5-7-15(14)16/h5-8,11,13,18H,4,9,12H2,1-3H3. The molecule has 0 aliphatic carbocycles. The van der Waals surface area contributed by atoms with Gasteiger partial charge < -0.3 is 4.98 Å². The van der Waals surface area contributed by atoms with Crippen molar-refractivity contribution >= 4 is 21.1 Å². The summed E-state index contributed by atoms with van der Waals surface area (Å²) in [4.78, 5) is 3.16. The number of para-hydroxylation sites is 1. The lowest BCUT2D eigenvalue weighted by Gasteiger charge is -2.29. The molecule has 1 aromatic carbocycles. The van der Waals surface area contributed by atoms with Gasteiger partial charge in [-0.15, -0.1) is 0 Å². The molecular weight excluding hydrogens is 312 g/mol. The SMILES string of the molecule is CCN(Cc1c[nH]c2ccccc12)S(=O)(=O)N(C)C(C)CC#N. The van der Waals surface area contributed by atoms with E-state index in [0.29, 0.717) is 13.1 Å². The average molecular weight is 334 g/mol. The number of aromatic amines is 1. The van der Waals surface area contributed by atoms with Crippen LogP contribution in [0.25, 0.3) is 10.9 Å². The third-order valence-electron chi connectivity index (χ3n) is 4.07. The van der Waals surface area contributed by atoms with Crippen LogP contribution < -0.4 is 0 Å². The van der Waals surface area contributed by atoms with Crippen LogP contribution >= 0.6 is 0 Å². The lowest BCUT2D eigenvalue weighted by Crippen LogP contribution is -2.45. The van der Waals surface area contributed by atoms with Crippen LogP contribution in [-0.4, -0.2) is 41.6 Å². The molecule has 2 rings (SSSR count). The van der Waals surface area contributed by atoms with E-state index in [1.54, 1.807) is 6.92 Å². The molecule has 0 amide bonds. The summed E-state index contributed by atoms with van der Waals surface area (Å²) in [5.41, 5.74) is 1.93. The molecule has 0 bridgehead atoms. The van der Waals surface area contributed by atoms with Gasteiger partial charge in [-0.1, -0.05) is 25.1 Å². The predicted molar refractivity (Wildman–Crippen MR) is 90.8 cm³/mol. The van der Waals surface area contributed by atoms with Crippen molar-refractivity contribution in [3.8, 4) is 6.07 Å². The normalized spacial score (nSPS) is 13.6. The Labute approximate surface area is 137 Å². The van der Waals surface area contributed by atoms with Crippen molar-refractivity contribution in [1.29, 1.82) is 5.26 Å². The van der Waals surface area contributed by atoms with Crippen LogP contribution in [0, 0.1) is 11.3 Å². The fourth-order valence-electron chi connectivity index (χ4n) is 2.48. The minimum Gasteiger partial charge on any atom is -0.361 e. The second-order valence-corrected chi connectivity index (χ2v) is 7.51. The molecule has 0 radical (unpaired) electrons. The topological polar surface area (TPSA) is 80.2 Å². The number of H-pyrrole nitrogens is 1. The Balaban J connectivity index is 2.27. The quantitative estimate of drug-likeness (QED) is 0.844. The fraction of sp³-hybridized carbons (Fsp3) is 0.438. The number of nitrogens with one attached hydrogen (secondary N) is 1. The summed E-state index contributed by atoms with van der Waals surface area (Å²) >= 11 is 0. The largest absolute Gasteiger partial charge is 0.361 e. The first-order valence-electron chi connectivity index (χ1n) is 7.56. The van der Waals surface area contributed by atoms with Gasteiger partial charge in [0.25, 0.3) is 10.2 Å². The van der Waals surface area contributed by atoms with E-state index in [-0.39, 0.29) is 12.5 Å². The number of fused-ring (bicyclic) bond motifs is 1. The molecule has 0 aliphatic heterocycles. The first-order chi connectivity index (χ1) is 10.9. The van der Waals surface area contributed by atoms with E-state index in [9.17, 15) is 8.42 Å². The van der Waals surface area contributed by atoms with E-state index in [1.165, 1.54) is 15.7 Å². The van der Waals surface area contributed by atoms with Gasteiger partial charge in [0.05, 0.1) is 12.5 Å². The molecule has 23 heavy (non-hydrogen) atoms. The summed E-state index contributed by atoms with van der Waals surface area (Å²) < 4.78 is 28.2. The first-order valence-corrected chi connectivity index (χ1v) is 8.96. The Morgan fingerprint density at radius 2 is 2.04 bits per heavy atom. The zero-order valence-electron chi connectivity index (χ0n) is 13.7. The van der Waals surface area contributed by atoms with Crippen LogP contribution in [0.3, 0.4) is 0 Å². The van der Waals surface area contributed by atoms with Crippen molar-refractivity contribution in [1.82, 2.24) is 13.6 Å². The molecule has 0 spiro atoms. The highest BCUT2D eigenvalue weighted by atomic mass is 32.2. The van der Waals surface area contributed by atoms with Crippen molar-refractivity contribution in [2.45, 2.75) is 32.9 Å². The molecule has 0 saturated heterocycles. The average Bonchev–Trinajstić information content (AvgIpc) is 2.95. The lowest BCUT2D eigenvalue weighted by molar-refractivity contribution is 0.329. The highest BCUT2D eigenvalue weighted by molar-refractivity contribution is 7.86. The number of hydrogen-bond acceptors (Lipinski definition) is 3. The molecule has 1 aromatic heterocycles. The maximum absolute atomic E-state index is 12.8. The maximum atomic E-state index is 12.8. The van der Waals surface area contributed by atoms with Gasteiger partial charge >= 0.3 is 0 Å². The summed E-state index contributed by atoms with van der Waals surface area (Å²) in [5, 5.41) is 9.81. The van der Waals surface area contributed by atoms with Crippen molar-refractivity contribution in [3.05, 3.63) is 36.0 Å². The number of hydrogen-bond donors (Lipinski definition) is 1. The van der Waals surface area contributed by atoms with Gasteiger partial charge in [0.1, 0.15) is 0 Å². The van der Waals surface area contributed by atoms with Gasteiger partial charge in [0.2, 0.25) is 0 Å². The van der Waals surface area contributed by atoms with E-state index in [4.69, 9.17) is 5.26 Å². The van der Waals surface area contributed by atoms with E-state index < -0.39 is 10.2 Å². The van der Waals surface area contributed by atoms with Crippen LogP contribution in [0.1, 0.15) is 25.8 Å². The third-order valence-corrected chi connectivity index (χ3v) is 6.20. The van der Waals surface area contributed by atoms with Crippen molar-refractivity contribution in [2.75, 3.05) is 13.6 Å². The Bertz CT molecular complexity index is 807. The zero-order valence-corrected chi connectivity index (χ0v) is 14.5. The second-order valence-electron chi connectivity index (χ2n) is 5.52. The first kappa shape index (κ1) is 17.5. The molecular formula is C16H22N4O2S. The van der Waals surface area contributed by atoms with Gasteiger partial charge in [-0.05, 0) is 18.6 Å². The van der Waals surface area contributed by atoms with Gasteiger partial charge in [0.15, 0.2) is 0 Å². The Kier molecular flexibility index (Phi) is 5.42. The molecule has 6 nitrogen and oxygen atoms in total. The summed E-state index contributed by atoms with van der Waals surface area (Å²) in [6, 6.07) is 9.47. The zero-order chi connectivity index (χ0) is 17.0. The molecule has 1 heterocycles. The summed E-state index contributed by atoms with van der Waals surface area (Å²) in [6.45, 7) is 4.22. The molecule has 1 N–H and O–H groups in total. The summed E-state index contributed by atoms with van der Waals surface area (Å²) in [7, 11) is -2.09. The molecule has 7 heteroatoms. The summed E-state index contributed by atoms with van der Waals surface area (Å²) in [6.07, 6.45) is 2.02. The van der Waals surface area contributed by atoms with Gasteiger partial charge in [-0.2, -0.15) is 22.3 Å². The third kappa shape index (κ3) is 3.55. The van der Waals surface area contributed by atoms with E-state index in [2.05, 4.69) is 4.98 Å². The van der Waals surface area contributed by atoms with Crippen molar-refractivity contribution in [2.24, 2.45) is 0 Å². The van der Waals surface area contributed by atoms with Crippen LogP contribution in [0.5, 0.6) is 0 Å². The number of benzene rings is 1. The number of nitrogens with zero attached hydrogens (tertiary/aromatic N) is 3. The van der Waals surface area contributed by atoms with Crippen molar-refractivity contribution in [3.63, 3.8) is 0 Å². The van der Waals surface area contributed by atoms with Gasteiger partial charge in [-0.3, -0.25) is 0 Å². The molecule has 124 valence electrons. The minimum absolute atomic E-state index is 0.167. The van der Waals surface area contributed by atoms with Gasteiger partial charge in [-0.25, -0.2) is 0 Å². The number of nitriles is 1. The Morgan fingerprint density at radius 3 is 2.70 bits per heavy atom. The Hall–Kier alpha value is -1.88. The Morgan fingerprint density at radius 1 is 1.35 bits per heavy atom. The monoisotopic (exact) mass is 334 g/mol.